The third-order valence-corrected chi connectivity index (χ3v) is 1.94. The zero-order valence-electron chi connectivity index (χ0n) is 7.66. The molecule has 0 fully saturated rings. The van der Waals surface area contributed by atoms with E-state index in [0.717, 1.165) is 0 Å². The van der Waals surface area contributed by atoms with E-state index in [9.17, 15) is 0 Å². The lowest BCUT2D eigenvalue weighted by atomic mass is 10.1. The molecule has 0 aromatic carbocycles. The van der Waals surface area contributed by atoms with Crippen LogP contribution in [-0.2, 0) is 0 Å². The quantitative estimate of drug-likeness (QED) is 0.551. The van der Waals surface area contributed by atoms with Gasteiger partial charge in [-0.1, -0.05) is 6.07 Å². The van der Waals surface area contributed by atoms with E-state index in [4.69, 9.17) is 0 Å². The number of hydrazone groups is 1. The minimum atomic E-state index is 0.0494. The van der Waals surface area contributed by atoms with Gasteiger partial charge in [0.2, 0.25) is 0 Å². The van der Waals surface area contributed by atoms with Gasteiger partial charge in [0.15, 0.2) is 0 Å². The summed E-state index contributed by atoms with van der Waals surface area (Å²) >= 11 is 1.68. The molecule has 66 valence electrons. The molecule has 0 unspecified atom stereocenters. The van der Waals surface area contributed by atoms with E-state index in [1.54, 1.807) is 11.3 Å². The maximum absolute atomic E-state index is 4.12. The molecule has 0 radical (unpaired) electrons. The number of thiophene rings is 1. The lowest BCUT2D eigenvalue weighted by molar-refractivity contribution is 0.442. The Labute approximate surface area is 77.3 Å². The van der Waals surface area contributed by atoms with Crippen molar-refractivity contribution in [3.8, 4) is 0 Å². The van der Waals surface area contributed by atoms with Gasteiger partial charge >= 0.3 is 0 Å². The van der Waals surface area contributed by atoms with Crippen LogP contribution in [-0.4, -0.2) is 11.8 Å². The van der Waals surface area contributed by atoms with Crippen LogP contribution in [0.5, 0.6) is 0 Å². The Balaban J connectivity index is 2.42. The first kappa shape index (κ1) is 9.26. The van der Waals surface area contributed by atoms with Crippen LogP contribution >= 0.6 is 11.3 Å². The highest BCUT2D eigenvalue weighted by atomic mass is 32.1. The summed E-state index contributed by atoms with van der Waals surface area (Å²) in [5.41, 5.74) is 3.09. The minimum Gasteiger partial charge on any atom is -0.305 e. The summed E-state index contributed by atoms with van der Waals surface area (Å²) in [5.74, 6) is 0. The second-order valence-corrected chi connectivity index (χ2v) is 4.61. The molecule has 0 amide bonds. The van der Waals surface area contributed by atoms with Crippen LogP contribution in [0.25, 0.3) is 0 Å². The van der Waals surface area contributed by atoms with Crippen molar-refractivity contribution in [1.29, 1.82) is 0 Å². The van der Waals surface area contributed by atoms with Crippen LogP contribution in [0.3, 0.4) is 0 Å². The van der Waals surface area contributed by atoms with Crippen LogP contribution in [0.1, 0.15) is 25.6 Å². The third kappa shape index (κ3) is 3.53. The predicted octanol–water partition coefficient (Wildman–Crippen LogP) is 2.47. The van der Waals surface area contributed by atoms with Crippen LogP contribution in [0.4, 0.5) is 0 Å². The molecule has 1 rings (SSSR count). The van der Waals surface area contributed by atoms with Crippen molar-refractivity contribution in [2.24, 2.45) is 5.10 Å². The predicted molar refractivity (Wildman–Crippen MR) is 54.8 cm³/mol. The molecule has 1 N–H and O–H groups in total. The SMILES string of the molecule is CC(C)(C)N/N=C\c1cccs1. The maximum Gasteiger partial charge on any atom is 0.0640 e. The molecule has 0 aliphatic rings. The molecule has 0 aliphatic carbocycles. The van der Waals surface area contributed by atoms with Gasteiger partial charge in [0.1, 0.15) is 0 Å². The molecular weight excluding hydrogens is 168 g/mol. The number of hydrogen-bond donors (Lipinski definition) is 1. The fourth-order valence-corrected chi connectivity index (χ4v) is 1.24. The standard InChI is InChI=1S/C9H14N2S/c1-9(2,3)11-10-7-8-5-4-6-12-8/h4-7,11H,1-3H3/b10-7-. The van der Waals surface area contributed by atoms with Crippen LogP contribution in [0, 0.1) is 0 Å². The van der Waals surface area contributed by atoms with Gasteiger partial charge in [-0.05, 0) is 32.2 Å². The molecule has 0 saturated heterocycles. The second kappa shape index (κ2) is 3.72. The summed E-state index contributed by atoms with van der Waals surface area (Å²) in [6.45, 7) is 6.25. The molecule has 0 atom stereocenters. The highest BCUT2D eigenvalue weighted by Crippen LogP contribution is 2.04. The van der Waals surface area contributed by atoms with Gasteiger partial charge in [0.05, 0.1) is 6.21 Å². The van der Waals surface area contributed by atoms with E-state index < -0.39 is 0 Å². The average molecular weight is 182 g/mol. The van der Waals surface area contributed by atoms with Crippen molar-refractivity contribution >= 4 is 17.6 Å². The Morgan fingerprint density at radius 2 is 2.25 bits per heavy atom. The minimum absolute atomic E-state index is 0.0494. The van der Waals surface area contributed by atoms with Crippen molar-refractivity contribution in [2.75, 3.05) is 0 Å². The van der Waals surface area contributed by atoms with Crippen LogP contribution < -0.4 is 5.43 Å². The summed E-state index contributed by atoms with van der Waals surface area (Å²) in [6, 6.07) is 4.06. The van der Waals surface area contributed by atoms with Gasteiger partial charge in [0.25, 0.3) is 0 Å². The lowest BCUT2D eigenvalue weighted by Gasteiger charge is -2.16. The average Bonchev–Trinajstić information content (AvgIpc) is 2.36. The van der Waals surface area contributed by atoms with Gasteiger partial charge in [-0.25, -0.2) is 0 Å². The van der Waals surface area contributed by atoms with Crippen molar-refractivity contribution in [3.63, 3.8) is 0 Å². The Morgan fingerprint density at radius 3 is 2.75 bits per heavy atom. The summed E-state index contributed by atoms with van der Waals surface area (Å²) in [4.78, 5) is 1.17. The molecule has 2 nitrogen and oxygen atoms in total. The van der Waals surface area contributed by atoms with E-state index >= 15 is 0 Å². The second-order valence-electron chi connectivity index (χ2n) is 3.64. The fraction of sp³-hybridized carbons (Fsp3) is 0.444. The Morgan fingerprint density at radius 1 is 1.50 bits per heavy atom. The van der Waals surface area contributed by atoms with Crippen molar-refractivity contribution < 1.29 is 0 Å². The van der Waals surface area contributed by atoms with E-state index in [2.05, 4.69) is 31.3 Å². The summed E-state index contributed by atoms with van der Waals surface area (Å²) in [5, 5.41) is 6.16. The summed E-state index contributed by atoms with van der Waals surface area (Å²) < 4.78 is 0. The molecule has 12 heavy (non-hydrogen) atoms. The lowest BCUT2D eigenvalue weighted by Crippen LogP contribution is -2.31. The zero-order valence-corrected chi connectivity index (χ0v) is 8.48. The van der Waals surface area contributed by atoms with Gasteiger partial charge in [-0.3, -0.25) is 0 Å². The summed E-state index contributed by atoms with van der Waals surface area (Å²) in [6.07, 6.45) is 1.84. The Kier molecular flexibility index (Phi) is 2.87. The van der Waals surface area contributed by atoms with E-state index in [-0.39, 0.29) is 5.54 Å². The monoisotopic (exact) mass is 182 g/mol. The first-order valence-electron chi connectivity index (χ1n) is 3.92. The smallest absolute Gasteiger partial charge is 0.0640 e. The summed E-state index contributed by atoms with van der Waals surface area (Å²) in [7, 11) is 0. The number of nitrogens with one attached hydrogen (secondary N) is 1. The molecule has 0 saturated carbocycles. The molecule has 1 heterocycles. The molecule has 0 spiro atoms. The van der Waals surface area contributed by atoms with E-state index in [0.29, 0.717) is 0 Å². The molecule has 0 bridgehead atoms. The number of nitrogens with zero attached hydrogens (tertiary/aromatic N) is 1. The van der Waals surface area contributed by atoms with Gasteiger partial charge < -0.3 is 5.43 Å². The van der Waals surface area contributed by atoms with Crippen LogP contribution in [0.2, 0.25) is 0 Å². The van der Waals surface area contributed by atoms with Gasteiger partial charge in [-0.15, -0.1) is 11.3 Å². The highest BCUT2D eigenvalue weighted by Gasteiger charge is 2.05. The normalized spacial score (nSPS) is 12.2. The number of rotatable bonds is 2. The largest absolute Gasteiger partial charge is 0.305 e. The van der Waals surface area contributed by atoms with Crippen molar-refractivity contribution in [3.05, 3.63) is 22.4 Å². The molecule has 3 heteroatoms. The maximum atomic E-state index is 4.12. The van der Waals surface area contributed by atoms with Gasteiger partial charge in [0, 0.05) is 10.4 Å². The Hall–Kier alpha value is -0.830. The molecule has 1 aromatic heterocycles. The Bertz CT molecular complexity index is 244. The van der Waals surface area contributed by atoms with Crippen LogP contribution in [0.15, 0.2) is 22.6 Å². The van der Waals surface area contributed by atoms with Gasteiger partial charge in [-0.2, -0.15) is 5.10 Å². The van der Waals surface area contributed by atoms with E-state index in [1.165, 1.54) is 4.88 Å². The van der Waals surface area contributed by atoms with E-state index in [1.807, 2.05) is 23.7 Å². The first-order chi connectivity index (χ1) is 5.58. The highest BCUT2D eigenvalue weighted by molar-refractivity contribution is 7.11. The molecule has 1 aromatic rings. The first-order valence-corrected chi connectivity index (χ1v) is 4.80. The topological polar surface area (TPSA) is 24.4 Å². The van der Waals surface area contributed by atoms with Crippen molar-refractivity contribution in [2.45, 2.75) is 26.3 Å². The number of hydrogen-bond acceptors (Lipinski definition) is 3. The zero-order chi connectivity index (χ0) is 9.03. The fourth-order valence-electron chi connectivity index (χ4n) is 0.654. The third-order valence-electron chi connectivity index (χ3n) is 1.13. The molecule has 0 aliphatic heterocycles. The molecular formula is C9H14N2S. The van der Waals surface area contributed by atoms with Crippen molar-refractivity contribution in [1.82, 2.24) is 5.43 Å².